The molecule has 1 N–H and O–H groups in total. The topological polar surface area (TPSA) is 89.3 Å². The number of hydrogen-bond acceptors (Lipinski definition) is 4. The summed E-state index contributed by atoms with van der Waals surface area (Å²) in [6.45, 7) is 0. The molecule has 0 saturated heterocycles. The van der Waals surface area contributed by atoms with E-state index in [4.69, 9.17) is 4.55 Å². The molecule has 12 heavy (non-hydrogen) atoms. The van der Waals surface area contributed by atoms with Crippen LogP contribution in [0, 0.1) is 0 Å². The van der Waals surface area contributed by atoms with Gasteiger partial charge in [-0.1, -0.05) is 0 Å². The molecule has 0 fully saturated rings. The monoisotopic (exact) mass is 190 g/mol. The molecule has 0 atom stereocenters. The maximum atomic E-state index is 10.8. The van der Waals surface area contributed by atoms with Gasteiger partial charge in [0.05, 0.1) is 0 Å². The van der Waals surface area contributed by atoms with Crippen molar-refractivity contribution in [3.05, 3.63) is 22.7 Å². The Hall–Kier alpha value is -1.21. The van der Waals surface area contributed by atoms with Crippen LogP contribution in [0.1, 0.15) is 0 Å². The van der Waals surface area contributed by atoms with Crippen LogP contribution in [-0.2, 0) is 17.2 Å². The van der Waals surface area contributed by atoms with Crippen LogP contribution in [-0.4, -0.2) is 22.5 Å². The van der Waals surface area contributed by atoms with Crippen LogP contribution in [0.4, 0.5) is 0 Å². The molecule has 0 aromatic carbocycles. The van der Waals surface area contributed by atoms with Gasteiger partial charge in [-0.25, -0.2) is 4.79 Å². The predicted molar refractivity (Wildman–Crippen MR) is 39.3 cm³/mol. The standard InChI is InChI=1S/C5H6N2O4S/c1-7-3-2-4(6-5(7)8)12(9,10)11/h2-3H,1H3,(H,9,10,11). The zero-order valence-corrected chi connectivity index (χ0v) is 6.95. The van der Waals surface area contributed by atoms with Crippen LogP contribution >= 0.6 is 0 Å². The Morgan fingerprint density at radius 3 is 2.58 bits per heavy atom. The zero-order valence-electron chi connectivity index (χ0n) is 6.13. The number of aromatic nitrogens is 2. The normalized spacial score (nSPS) is 11.5. The second kappa shape index (κ2) is 2.68. The van der Waals surface area contributed by atoms with E-state index in [9.17, 15) is 13.2 Å². The summed E-state index contributed by atoms with van der Waals surface area (Å²) < 4.78 is 30.4. The molecule has 0 saturated carbocycles. The lowest BCUT2D eigenvalue weighted by atomic mass is 10.7. The molecule has 0 unspecified atom stereocenters. The van der Waals surface area contributed by atoms with E-state index in [-0.39, 0.29) is 0 Å². The van der Waals surface area contributed by atoms with Crippen molar-refractivity contribution >= 4 is 10.1 Å². The summed E-state index contributed by atoms with van der Waals surface area (Å²) in [5.41, 5.74) is -0.731. The van der Waals surface area contributed by atoms with Crippen molar-refractivity contribution in [1.82, 2.24) is 9.55 Å². The van der Waals surface area contributed by atoms with Gasteiger partial charge in [-0.15, -0.1) is 0 Å². The Morgan fingerprint density at radius 1 is 1.58 bits per heavy atom. The molecule has 1 rings (SSSR count). The summed E-state index contributed by atoms with van der Waals surface area (Å²) in [6.07, 6.45) is 1.21. The van der Waals surface area contributed by atoms with Crippen molar-refractivity contribution in [1.29, 1.82) is 0 Å². The number of aryl methyl sites for hydroxylation is 1. The molecule has 0 aliphatic heterocycles. The zero-order chi connectivity index (χ0) is 9.35. The Labute approximate surface area is 68.2 Å². The second-order valence-electron chi connectivity index (χ2n) is 2.13. The maximum Gasteiger partial charge on any atom is 0.348 e. The molecule has 1 aromatic heterocycles. The van der Waals surface area contributed by atoms with Gasteiger partial charge in [0.15, 0.2) is 5.03 Å². The summed E-state index contributed by atoms with van der Waals surface area (Å²) in [5, 5.41) is -0.634. The van der Waals surface area contributed by atoms with Crippen molar-refractivity contribution in [2.45, 2.75) is 5.03 Å². The fraction of sp³-hybridized carbons (Fsp3) is 0.200. The van der Waals surface area contributed by atoms with Crippen LogP contribution in [0.2, 0.25) is 0 Å². The fourth-order valence-electron chi connectivity index (χ4n) is 0.593. The largest absolute Gasteiger partial charge is 0.348 e. The van der Waals surface area contributed by atoms with E-state index < -0.39 is 20.8 Å². The van der Waals surface area contributed by atoms with Gasteiger partial charge >= 0.3 is 15.8 Å². The number of rotatable bonds is 1. The average molecular weight is 190 g/mol. The fourth-order valence-corrected chi connectivity index (χ4v) is 1.02. The minimum atomic E-state index is -4.37. The van der Waals surface area contributed by atoms with Crippen LogP contribution in [0.25, 0.3) is 0 Å². The minimum absolute atomic E-state index is 0.634. The van der Waals surface area contributed by atoms with E-state index in [1.54, 1.807) is 0 Å². The van der Waals surface area contributed by atoms with Gasteiger partial charge in [0.2, 0.25) is 0 Å². The van der Waals surface area contributed by atoms with Crippen molar-refractivity contribution in [3.8, 4) is 0 Å². The third-order valence-electron chi connectivity index (χ3n) is 1.21. The van der Waals surface area contributed by atoms with E-state index >= 15 is 0 Å². The van der Waals surface area contributed by atoms with Crippen molar-refractivity contribution in [2.24, 2.45) is 7.05 Å². The molecular weight excluding hydrogens is 184 g/mol. The molecule has 0 aliphatic rings. The van der Waals surface area contributed by atoms with Crippen LogP contribution < -0.4 is 5.69 Å². The molecule has 0 bridgehead atoms. The van der Waals surface area contributed by atoms with Gasteiger partial charge in [0.1, 0.15) is 0 Å². The van der Waals surface area contributed by atoms with Crippen molar-refractivity contribution in [2.75, 3.05) is 0 Å². The van der Waals surface area contributed by atoms with Crippen molar-refractivity contribution in [3.63, 3.8) is 0 Å². The maximum absolute atomic E-state index is 10.8. The number of hydrogen-bond donors (Lipinski definition) is 1. The van der Waals surface area contributed by atoms with Crippen LogP contribution in [0.3, 0.4) is 0 Å². The lowest BCUT2D eigenvalue weighted by Crippen LogP contribution is -2.21. The molecule has 1 heterocycles. The summed E-state index contributed by atoms with van der Waals surface area (Å²) in [5.74, 6) is 0. The SMILES string of the molecule is Cn1ccc(S(=O)(=O)O)nc1=O. The molecule has 0 spiro atoms. The van der Waals surface area contributed by atoms with Gasteiger partial charge in [-0.3, -0.25) is 4.55 Å². The summed E-state index contributed by atoms with van der Waals surface area (Å²) in [6, 6.07) is 1.04. The summed E-state index contributed by atoms with van der Waals surface area (Å²) >= 11 is 0. The Balaban J connectivity index is 3.43. The highest BCUT2D eigenvalue weighted by Crippen LogP contribution is 1.98. The van der Waals surface area contributed by atoms with Gasteiger partial charge in [0.25, 0.3) is 0 Å². The average Bonchev–Trinajstić information content (AvgIpc) is 1.92. The predicted octanol–water partition coefficient (Wildman–Crippen LogP) is -0.973. The minimum Gasteiger partial charge on any atom is -0.302 e. The van der Waals surface area contributed by atoms with Crippen molar-refractivity contribution < 1.29 is 13.0 Å². The highest BCUT2D eigenvalue weighted by atomic mass is 32.2. The summed E-state index contributed by atoms with van der Waals surface area (Å²) in [4.78, 5) is 13.9. The highest BCUT2D eigenvalue weighted by Gasteiger charge is 2.11. The first-order chi connectivity index (χ1) is 5.41. The third-order valence-corrected chi connectivity index (χ3v) is 1.97. The van der Waals surface area contributed by atoms with E-state index in [0.29, 0.717) is 0 Å². The Kier molecular flexibility index (Phi) is 1.99. The molecule has 7 heteroatoms. The lowest BCUT2D eigenvalue weighted by molar-refractivity contribution is 0.477. The van der Waals surface area contributed by atoms with E-state index in [1.807, 2.05) is 0 Å². The van der Waals surface area contributed by atoms with Crippen LogP contribution in [0.15, 0.2) is 22.1 Å². The van der Waals surface area contributed by atoms with Gasteiger partial charge in [-0.2, -0.15) is 13.4 Å². The second-order valence-corrected chi connectivity index (χ2v) is 3.50. The Morgan fingerprint density at radius 2 is 2.17 bits per heavy atom. The smallest absolute Gasteiger partial charge is 0.302 e. The first kappa shape index (κ1) is 8.88. The molecule has 1 aromatic rings. The number of nitrogens with zero attached hydrogens (tertiary/aromatic N) is 2. The van der Waals surface area contributed by atoms with Crippen LogP contribution in [0.5, 0.6) is 0 Å². The van der Waals surface area contributed by atoms with Gasteiger partial charge in [0, 0.05) is 13.2 Å². The molecule has 0 radical (unpaired) electrons. The molecule has 0 amide bonds. The third kappa shape index (κ3) is 1.69. The first-order valence-electron chi connectivity index (χ1n) is 2.92. The molecule has 6 nitrogen and oxygen atoms in total. The lowest BCUT2D eigenvalue weighted by Gasteiger charge is -1.96. The van der Waals surface area contributed by atoms with Gasteiger partial charge in [-0.05, 0) is 6.07 Å². The van der Waals surface area contributed by atoms with E-state index in [2.05, 4.69) is 4.98 Å². The highest BCUT2D eigenvalue weighted by molar-refractivity contribution is 7.85. The quantitative estimate of drug-likeness (QED) is 0.454. The van der Waals surface area contributed by atoms with E-state index in [1.165, 1.54) is 13.2 Å². The first-order valence-corrected chi connectivity index (χ1v) is 4.36. The summed E-state index contributed by atoms with van der Waals surface area (Å²) in [7, 11) is -2.95. The molecule has 66 valence electrons. The molecular formula is C5H6N2O4S. The van der Waals surface area contributed by atoms with Gasteiger partial charge < -0.3 is 4.57 Å². The molecule has 0 aliphatic carbocycles. The Bertz CT molecular complexity index is 447. The van der Waals surface area contributed by atoms with E-state index in [0.717, 1.165) is 10.6 Å².